The van der Waals surface area contributed by atoms with Crippen LogP contribution in [0, 0.1) is 0 Å². The Morgan fingerprint density at radius 2 is 1.88 bits per heavy atom. The lowest BCUT2D eigenvalue weighted by molar-refractivity contribution is -0.134. The van der Waals surface area contributed by atoms with Crippen molar-refractivity contribution in [1.29, 1.82) is 0 Å². The second-order valence-electron chi connectivity index (χ2n) is 6.83. The Bertz CT molecular complexity index is 547. The average Bonchev–Trinajstić information content (AvgIpc) is 3.17. The lowest BCUT2D eigenvalue weighted by Gasteiger charge is -2.40. The molecule has 0 unspecified atom stereocenters. The van der Waals surface area contributed by atoms with Crippen LogP contribution in [-0.2, 0) is 4.79 Å². The number of carbonyl (C=O) groups is 2. The van der Waals surface area contributed by atoms with E-state index in [0.29, 0.717) is 10.9 Å². The minimum atomic E-state index is -0.467. The number of likely N-dealkylation sites (tertiary alicyclic amines) is 2. The first kappa shape index (κ1) is 17.4. The van der Waals surface area contributed by atoms with Crippen LogP contribution in [0.25, 0.3) is 0 Å². The Kier molecular flexibility index (Phi) is 5.89. The molecule has 2 aliphatic rings. The number of carbonyl (C=O) groups excluding carboxylic acids is 2. The summed E-state index contributed by atoms with van der Waals surface area (Å²) in [6.07, 6.45) is 6.08. The fourth-order valence-electron chi connectivity index (χ4n) is 3.75. The number of nitrogens with one attached hydrogen (secondary N) is 1. The molecule has 2 fully saturated rings. The molecule has 3 heterocycles. The van der Waals surface area contributed by atoms with Gasteiger partial charge in [-0.2, -0.15) is 0 Å². The first-order chi connectivity index (χ1) is 11.6. The number of nitrogens with zero attached hydrogens (tertiary/aromatic N) is 2. The summed E-state index contributed by atoms with van der Waals surface area (Å²) in [6, 6.07) is 3.79. The highest BCUT2D eigenvalue weighted by molar-refractivity contribution is 7.12. The van der Waals surface area contributed by atoms with E-state index in [1.54, 1.807) is 13.0 Å². The second kappa shape index (κ2) is 8.12. The van der Waals surface area contributed by atoms with Gasteiger partial charge in [-0.25, -0.2) is 0 Å². The highest BCUT2D eigenvalue weighted by atomic mass is 32.1. The van der Waals surface area contributed by atoms with Crippen molar-refractivity contribution in [2.45, 2.75) is 51.1 Å². The van der Waals surface area contributed by atoms with Gasteiger partial charge >= 0.3 is 0 Å². The first-order valence-corrected chi connectivity index (χ1v) is 9.90. The molecule has 2 aliphatic heterocycles. The lowest BCUT2D eigenvalue weighted by atomic mass is 9.99. The monoisotopic (exact) mass is 349 g/mol. The van der Waals surface area contributed by atoms with E-state index >= 15 is 0 Å². The van der Waals surface area contributed by atoms with Gasteiger partial charge in [0.05, 0.1) is 4.88 Å². The van der Waals surface area contributed by atoms with Crippen molar-refractivity contribution in [2.75, 3.05) is 26.2 Å². The van der Waals surface area contributed by atoms with E-state index in [9.17, 15) is 9.59 Å². The summed E-state index contributed by atoms with van der Waals surface area (Å²) < 4.78 is 0. The van der Waals surface area contributed by atoms with Crippen molar-refractivity contribution in [3.63, 3.8) is 0 Å². The standard InChI is InChI=1S/C18H27N3O2S/c1-14(19-17(22)16-6-5-13-24-16)18(23)21-11-7-15(8-12-21)20-9-3-2-4-10-20/h5-6,13-15H,2-4,7-12H2,1H3,(H,19,22)/t14-/m1/s1. The SMILES string of the molecule is C[C@@H](NC(=O)c1cccs1)C(=O)N1CCC(N2CCCCC2)CC1. The quantitative estimate of drug-likeness (QED) is 0.908. The zero-order chi connectivity index (χ0) is 16.9. The van der Waals surface area contributed by atoms with Crippen LogP contribution in [-0.4, -0.2) is 59.9 Å². The largest absolute Gasteiger partial charge is 0.341 e. The molecule has 1 atom stereocenters. The van der Waals surface area contributed by atoms with Gasteiger partial charge in [-0.1, -0.05) is 12.5 Å². The maximum Gasteiger partial charge on any atom is 0.261 e. The second-order valence-corrected chi connectivity index (χ2v) is 7.77. The van der Waals surface area contributed by atoms with Crippen molar-refractivity contribution in [3.8, 4) is 0 Å². The lowest BCUT2D eigenvalue weighted by Crippen LogP contribution is -2.52. The summed E-state index contributed by atoms with van der Waals surface area (Å²) in [4.78, 5) is 29.8. The van der Waals surface area contributed by atoms with E-state index < -0.39 is 6.04 Å². The van der Waals surface area contributed by atoms with Crippen molar-refractivity contribution in [2.24, 2.45) is 0 Å². The number of thiophene rings is 1. The summed E-state index contributed by atoms with van der Waals surface area (Å²) >= 11 is 1.39. The fourth-order valence-corrected chi connectivity index (χ4v) is 4.37. The Balaban J connectivity index is 1.46. The topological polar surface area (TPSA) is 52.7 Å². The third kappa shape index (κ3) is 4.16. The van der Waals surface area contributed by atoms with Gasteiger partial charge in [0, 0.05) is 19.1 Å². The van der Waals surface area contributed by atoms with Crippen LogP contribution in [0.5, 0.6) is 0 Å². The molecule has 2 saturated heterocycles. The number of amides is 2. The van der Waals surface area contributed by atoms with E-state index in [1.807, 2.05) is 16.3 Å². The zero-order valence-electron chi connectivity index (χ0n) is 14.4. The van der Waals surface area contributed by atoms with Crippen molar-refractivity contribution in [1.82, 2.24) is 15.1 Å². The van der Waals surface area contributed by atoms with Gasteiger partial charge in [0.15, 0.2) is 0 Å². The van der Waals surface area contributed by atoms with E-state index in [-0.39, 0.29) is 11.8 Å². The number of rotatable bonds is 4. The molecule has 0 aromatic carbocycles. The highest BCUT2D eigenvalue weighted by Gasteiger charge is 2.30. The molecule has 2 amide bonds. The molecule has 1 aromatic heterocycles. The van der Waals surface area contributed by atoms with Gasteiger partial charge in [0.2, 0.25) is 5.91 Å². The van der Waals surface area contributed by atoms with Crippen LogP contribution >= 0.6 is 11.3 Å². The average molecular weight is 350 g/mol. The Morgan fingerprint density at radius 1 is 1.17 bits per heavy atom. The van der Waals surface area contributed by atoms with Crippen LogP contribution < -0.4 is 5.32 Å². The van der Waals surface area contributed by atoms with Gasteiger partial charge in [-0.05, 0) is 57.1 Å². The molecule has 0 saturated carbocycles. The molecular formula is C18H27N3O2S. The van der Waals surface area contributed by atoms with Crippen LogP contribution in [0.2, 0.25) is 0 Å². The minimum absolute atomic E-state index is 0.0389. The van der Waals surface area contributed by atoms with Gasteiger partial charge in [0.25, 0.3) is 5.91 Å². The van der Waals surface area contributed by atoms with E-state index in [2.05, 4.69) is 10.2 Å². The fraction of sp³-hybridized carbons (Fsp3) is 0.667. The molecule has 1 N–H and O–H groups in total. The third-order valence-electron chi connectivity index (χ3n) is 5.15. The van der Waals surface area contributed by atoms with Crippen molar-refractivity contribution in [3.05, 3.63) is 22.4 Å². The molecule has 24 heavy (non-hydrogen) atoms. The molecule has 1 aromatic rings. The summed E-state index contributed by atoms with van der Waals surface area (Å²) in [7, 11) is 0. The van der Waals surface area contributed by atoms with Gasteiger partial charge in [0.1, 0.15) is 6.04 Å². The number of piperidine rings is 2. The van der Waals surface area contributed by atoms with Crippen LogP contribution in [0.1, 0.15) is 48.7 Å². The molecule has 0 bridgehead atoms. The van der Waals surface area contributed by atoms with Crippen LogP contribution in [0.3, 0.4) is 0 Å². The number of hydrogen-bond donors (Lipinski definition) is 1. The normalized spacial score (nSPS) is 21.5. The Morgan fingerprint density at radius 3 is 2.50 bits per heavy atom. The first-order valence-electron chi connectivity index (χ1n) is 9.02. The van der Waals surface area contributed by atoms with E-state index in [4.69, 9.17) is 0 Å². The summed E-state index contributed by atoms with van der Waals surface area (Å²) in [5.74, 6) is -0.119. The van der Waals surface area contributed by atoms with Crippen LogP contribution in [0.15, 0.2) is 17.5 Å². The number of hydrogen-bond acceptors (Lipinski definition) is 4. The predicted octanol–water partition coefficient (Wildman–Crippen LogP) is 2.34. The maximum atomic E-state index is 12.6. The van der Waals surface area contributed by atoms with E-state index in [1.165, 1.54) is 43.7 Å². The summed E-state index contributed by atoms with van der Waals surface area (Å²) in [5.41, 5.74) is 0. The summed E-state index contributed by atoms with van der Waals surface area (Å²) in [5, 5.41) is 4.69. The molecule has 3 rings (SSSR count). The molecular weight excluding hydrogens is 322 g/mol. The molecule has 0 spiro atoms. The molecule has 5 nitrogen and oxygen atoms in total. The van der Waals surface area contributed by atoms with E-state index in [0.717, 1.165) is 25.9 Å². The minimum Gasteiger partial charge on any atom is -0.341 e. The maximum absolute atomic E-state index is 12.6. The van der Waals surface area contributed by atoms with Gasteiger partial charge < -0.3 is 15.1 Å². The van der Waals surface area contributed by atoms with Crippen molar-refractivity contribution >= 4 is 23.2 Å². The van der Waals surface area contributed by atoms with Crippen LogP contribution in [0.4, 0.5) is 0 Å². The van der Waals surface area contributed by atoms with Gasteiger partial charge in [-0.3, -0.25) is 9.59 Å². The Labute approximate surface area is 148 Å². The summed E-state index contributed by atoms with van der Waals surface area (Å²) in [6.45, 7) is 5.82. The molecule has 0 radical (unpaired) electrons. The Hall–Kier alpha value is -1.40. The third-order valence-corrected chi connectivity index (χ3v) is 6.01. The highest BCUT2D eigenvalue weighted by Crippen LogP contribution is 2.21. The van der Waals surface area contributed by atoms with Crippen molar-refractivity contribution < 1.29 is 9.59 Å². The smallest absolute Gasteiger partial charge is 0.261 e. The molecule has 0 aliphatic carbocycles. The predicted molar refractivity (Wildman–Crippen MR) is 96.3 cm³/mol. The zero-order valence-corrected chi connectivity index (χ0v) is 15.2. The molecule has 132 valence electrons. The van der Waals surface area contributed by atoms with Gasteiger partial charge in [-0.15, -0.1) is 11.3 Å². The molecule has 6 heteroatoms.